The highest BCUT2D eigenvalue weighted by Gasteiger charge is 2.55. The van der Waals surface area contributed by atoms with Gasteiger partial charge in [0.1, 0.15) is 77.9 Å². The van der Waals surface area contributed by atoms with E-state index >= 15 is 0 Å². The number of benzene rings is 2. The van der Waals surface area contributed by atoms with E-state index in [1.165, 1.54) is 31.2 Å². The van der Waals surface area contributed by atoms with Gasteiger partial charge in [0.2, 0.25) is 23.2 Å². The fraction of sp³-hybridized carbons (Fsp3) is 0.559. The molecule has 15 atom stereocenters. The SMILES string of the molecule is COc1c(O)cc(O)c2c(=O)c(O[C@@H]3O[C@H](CO)[C@H](O)[C@H](O[C@@H]4O[C@H](CO)[C@@H](O)[C@H](O)[C@H]4O)[C@H]3O[C@@H]3O[C@@H](C)[C@H](O)[C@@H](O)[C@H]3O)c(-c3ccc(O)cc3)oc12. The number of hydrogen-bond donors (Lipinski definition) is 12. The van der Waals surface area contributed by atoms with E-state index in [-0.39, 0.29) is 17.1 Å². The minimum atomic E-state index is -2.04. The minimum absolute atomic E-state index is 0.0646. The molecule has 0 amide bonds. The lowest BCUT2D eigenvalue weighted by atomic mass is 9.96. The quantitative estimate of drug-likeness (QED) is 0.0946. The fourth-order valence-corrected chi connectivity index (χ4v) is 6.57. The van der Waals surface area contributed by atoms with Crippen LogP contribution in [0.2, 0.25) is 0 Å². The Hall–Kier alpha value is -3.91. The van der Waals surface area contributed by atoms with Crippen molar-refractivity contribution < 1.29 is 98.9 Å². The molecule has 0 unspecified atom stereocenters. The van der Waals surface area contributed by atoms with E-state index in [2.05, 4.69) is 0 Å². The molecule has 3 saturated heterocycles. The second kappa shape index (κ2) is 16.3. The van der Waals surface area contributed by atoms with Crippen molar-refractivity contribution in [3.05, 3.63) is 40.6 Å². The zero-order valence-electron chi connectivity index (χ0n) is 29.0. The first-order chi connectivity index (χ1) is 26.1. The van der Waals surface area contributed by atoms with E-state index in [9.17, 15) is 66.1 Å². The molecule has 0 aliphatic carbocycles. The standard InChI is InChI=1S/C34H42O21/c1-10-18(40)22(44)24(46)32(49-10)55-31-29(53-33-25(47)23(45)19(41)15(8-35)50-33)20(42)16(9-36)51-34(31)54-30-21(43)17-13(38)7-14(39)27(48-2)28(17)52-26(30)11-3-5-12(37)6-4-11/h3-7,10,15-16,18-20,22-25,29,31-42,44-47H,8-9H2,1-2H3/t10-,15+,16+,18-,19+,20-,22+,23-,24+,25+,29-,31+,32-,33-,34-/m0/s1. The van der Waals surface area contributed by atoms with Crippen LogP contribution < -0.4 is 14.9 Å². The van der Waals surface area contributed by atoms with Crippen molar-refractivity contribution in [2.75, 3.05) is 20.3 Å². The number of hydrogen-bond acceptors (Lipinski definition) is 21. The molecule has 4 heterocycles. The Morgan fingerprint density at radius 2 is 1.22 bits per heavy atom. The normalized spacial score (nSPS) is 36.8. The summed E-state index contributed by atoms with van der Waals surface area (Å²) in [5.74, 6) is -3.09. The number of methoxy groups -OCH3 is 1. The van der Waals surface area contributed by atoms with Crippen LogP contribution in [0.3, 0.4) is 0 Å². The van der Waals surface area contributed by atoms with E-state index in [0.29, 0.717) is 0 Å². The first-order valence-electron chi connectivity index (χ1n) is 16.9. The highest BCUT2D eigenvalue weighted by atomic mass is 16.8. The molecule has 3 aliphatic heterocycles. The summed E-state index contributed by atoms with van der Waals surface area (Å²) in [4.78, 5) is 14.3. The van der Waals surface area contributed by atoms with E-state index in [4.69, 9.17) is 37.6 Å². The molecule has 3 fully saturated rings. The Labute approximate surface area is 309 Å². The highest BCUT2D eigenvalue weighted by molar-refractivity contribution is 5.93. The number of aromatic hydroxyl groups is 3. The Bertz CT molecular complexity index is 1850. The van der Waals surface area contributed by atoms with Gasteiger partial charge in [-0.1, -0.05) is 0 Å². The second-order valence-corrected chi connectivity index (χ2v) is 13.2. The third-order valence-electron chi connectivity index (χ3n) is 9.64. The lowest BCUT2D eigenvalue weighted by Crippen LogP contribution is -2.67. The van der Waals surface area contributed by atoms with Gasteiger partial charge < -0.3 is 98.9 Å². The zero-order valence-corrected chi connectivity index (χ0v) is 29.0. The number of phenols is 3. The van der Waals surface area contributed by atoms with Crippen LogP contribution in [0.15, 0.2) is 39.5 Å². The molecule has 0 spiro atoms. The van der Waals surface area contributed by atoms with Crippen molar-refractivity contribution in [2.45, 2.75) is 99.0 Å². The molecule has 12 N–H and O–H groups in total. The van der Waals surface area contributed by atoms with Crippen molar-refractivity contribution in [3.63, 3.8) is 0 Å². The lowest BCUT2D eigenvalue weighted by Gasteiger charge is -2.48. The Morgan fingerprint density at radius 1 is 0.655 bits per heavy atom. The van der Waals surface area contributed by atoms with E-state index in [0.717, 1.165) is 13.2 Å². The van der Waals surface area contributed by atoms with Gasteiger partial charge in [-0.3, -0.25) is 4.79 Å². The van der Waals surface area contributed by atoms with Gasteiger partial charge in [0.05, 0.1) is 26.4 Å². The number of aliphatic hydroxyl groups excluding tert-OH is 9. The van der Waals surface area contributed by atoms with Gasteiger partial charge in [0, 0.05) is 11.6 Å². The third-order valence-corrected chi connectivity index (χ3v) is 9.64. The molecule has 3 aliphatic rings. The smallest absolute Gasteiger partial charge is 0.239 e. The Balaban J connectivity index is 1.50. The third kappa shape index (κ3) is 7.52. The summed E-state index contributed by atoms with van der Waals surface area (Å²) in [7, 11) is 1.16. The van der Waals surface area contributed by atoms with Crippen molar-refractivity contribution in [3.8, 4) is 40.1 Å². The molecule has 6 rings (SSSR count). The number of ether oxygens (including phenoxy) is 7. The largest absolute Gasteiger partial charge is 0.508 e. The molecule has 1 aromatic heterocycles. The number of rotatable bonds is 10. The summed E-state index contributed by atoms with van der Waals surface area (Å²) in [5.41, 5.74) is -1.48. The molecule has 0 saturated carbocycles. The maximum absolute atomic E-state index is 14.3. The Kier molecular flexibility index (Phi) is 12.1. The summed E-state index contributed by atoms with van der Waals surface area (Å²) in [5, 5.41) is 125. The summed E-state index contributed by atoms with van der Waals surface area (Å²) in [6, 6.07) is 5.88. The lowest BCUT2D eigenvalue weighted by molar-refractivity contribution is -0.383. The van der Waals surface area contributed by atoms with Crippen molar-refractivity contribution in [1.82, 2.24) is 0 Å². The summed E-state index contributed by atoms with van der Waals surface area (Å²) < 4.78 is 46.2. The van der Waals surface area contributed by atoms with Crippen LogP contribution in [0.5, 0.6) is 28.7 Å². The van der Waals surface area contributed by atoms with Crippen molar-refractivity contribution in [1.29, 1.82) is 0 Å². The molecule has 2 aromatic carbocycles. The maximum Gasteiger partial charge on any atom is 0.239 e. The van der Waals surface area contributed by atoms with Crippen LogP contribution in [0.25, 0.3) is 22.3 Å². The molecule has 3 aromatic rings. The predicted molar refractivity (Wildman–Crippen MR) is 178 cm³/mol. The van der Waals surface area contributed by atoms with E-state index in [1.54, 1.807) is 0 Å². The monoisotopic (exact) mass is 786 g/mol. The van der Waals surface area contributed by atoms with Gasteiger partial charge in [-0.05, 0) is 31.2 Å². The predicted octanol–water partition coefficient (Wildman–Crippen LogP) is -3.56. The van der Waals surface area contributed by atoms with Crippen LogP contribution in [0.4, 0.5) is 0 Å². The van der Waals surface area contributed by atoms with Crippen molar-refractivity contribution >= 4 is 11.0 Å². The van der Waals surface area contributed by atoms with E-state index < -0.39 is 145 Å². The summed E-state index contributed by atoms with van der Waals surface area (Å²) in [6.45, 7) is -0.483. The molecule has 21 nitrogen and oxygen atoms in total. The molecule has 21 heteroatoms. The summed E-state index contributed by atoms with van der Waals surface area (Å²) >= 11 is 0. The number of phenolic OH excluding ortho intramolecular Hbond substituents is 3. The van der Waals surface area contributed by atoms with Gasteiger partial charge in [-0.25, -0.2) is 0 Å². The average Bonchev–Trinajstić information content (AvgIpc) is 3.16. The minimum Gasteiger partial charge on any atom is -0.508 e. The average molecular weight is 787 g/mol. The van der Waals surface area contributed by atoms with Crippen LogP contribution in [-0.2, 0) is 23.7 Å². The maximum atomic E-state index is 14.3. The first-order valence-corrected chi connectivity index (χ1v) is 16.9. The van der Waals surface area contributed by atoms with Crippen LogP contribution in [0, 0.1) is 0 Å². The van der Waals surface area contributed by atoms with Crippen LogP contribution in [0.1, 0.15) is 6.92 Å². The first kappa shape index (κ1) is 40.7. The fourth-order valence-electron chi connectivity index (χ4n) is 6.57. The zero-order chi connectivity index (χ0) is 40.0. The van der Waals surface area contributed by atoms with E-state index in [1.807, 2.05) is 0 Å². The molecule has 304 valence electrons. The highest BCUT2D eigenvalue weighted by Crippen LogP contribution is 2.44. The Morgan fingerprint density at radius 3 is 1.84 bits per heavy atom. The van der Waals surface area contributed by atoms with Gasteiger partial charge in [-0.2, -0.15) is 0 Å². The molecule has 0 radical (unpaired) electrons. The van der Waals surface area contributed by atoms with Crippen molar-refractivity contribution in [2.24, 2.45) is 0 Å². The number of fused-ring (bicyclic) bond motifs is 1. The van der Waals surface area contributed by atoms with Crippen LogP contribution in [-0.4, -0.2) is 174 Å². The molecule has 55 heavy (non-hydrogen) atoms. The van der Waals surface area contributed by atoms with Gasteiger partial charge in [0.15, 0.2) is 35.8 Å². The van der Waals surface area contributed by atoms with Gasteiger partial charge in [0.25, 0.3) is 0 Å². The van der Waals surface area contributed by atoms with Gasteiger partial charge >= 0.3 is 0 Å². The van der Waals surface area contributed by atoms with Gasteiger partial charge in [-0.15, -0.1) is 0 Å². The molecular formula is C34H42O21. The second-order valence-electron chi connectivity index (χ2n) is 13.2. The molecular weight excluding hydrogens is 744 g/mol. The number of aliphatic hydroxyl groups is 9. The summed E-state index contributed by atoms with van der Waals surface area (Å²) in [6.07, 6.45) is -27.2. The topological polar surface area (TPSA) is 338 Å². The van der Waals surface area contributed by atoms with Crippen LogP contribution >= 0.6 is 0 Å². The molecule has 0 bridgehead atoms.